The molecule has 0 heterocycles. The van der Waals surface area contributed by atoms with Crippen LogP contribution in [0.15, 0.2) is 24.3 Å². The first kappa shape index (κ1) is 15.8. The molecule has 0 aliphatic heterocycles. The van der Waals surface area contributed by atoms with E-state index in [2.05, 4.69) is 10.6 Å². The van der Waals surface area contributed by atoms with Gasteiger partial charge in [-0.15, -0.1) is 0 Å². The predicted octanol–water partition coefficient (Wildman–Crippen LogP) is 3.01. The van der Waals surface area contributed by atoms with E-state index in [1.807, 2.05) is 38.1 Å². The monoisotopic (exact) mass is 306 g/mol. The fourth-order valence-corrected chi connectivity index (χ4v) is 2.91. The summed E-state index contributed by atoms with van der Waals surface area (Å²) >= 11 is 5.34. The van der Waals surface area contributed by atoms with Crippen molar-refractivity contribution in [2.45, 2.75) is 39.2 Å². The van der Waals surface area contributed by atoms with Gasteiger partial charge >= 0.3 is 5.97 Å². The Hall–Kier alpha value is -1.62. The number of aryl methyl sites for hydroxylation is 1. The smallest absolute Gasteiger partial charge is 0.311 e. The maximum Gasteiger partial charge on any atom is 0.311 e. The van der Waals surface area contributed by atoms with Crippen LogP contribution in [0.1, 0.15) is 31.7 Å². The third kappa shape index (κ3) is 4.43. The average Bonchev–Trinajstić information content (AvgIpc) is 2.90. The molecule has 0 saturated heterocycles. The second-order valence-electron chi connectivity index (χ2n) is 5.36. The van der Waals surface area contributed by atoms with E-state index in [0.717, 1.165) is 24.9 Å². The van der Waals surface area contributed by atoms with Crippen molar-refractivity contribution in [3.05, 3.63) is 29.8 Å². The SMILES string of the molecule is CCOC(=O)[C@@H]1CCC[C@H]1NC(=S)Nc1ccc(C)cc1. The van der Waals surface area contributed by atoms with Crippen LogP contribution < -0.4 is 10.6 Å². The van der Waals surface area contributed by atoms with E-state index in [-0.39, 0.29) is 17.9 Å². The summed E-state index contributed by atoms with van der Waals surface area (Å²) in [6.45, 7) is 4.30. The fourth-order valence-electron chi connectivity index (χ4n) is 2.64. The lowest BCUT2D eigenvalue weighted by atomic mass is 10.0. The molecule has 114 valence electrons. The highest BCUT2D eigenvalue weighted by Crippen LogP contribution is 2.27. The van der Waals surface area contributed by atoms with Crippen molar-refractivity contribution in [2.24, 2.45) is 5.92 Å². The Morgan fingerprint density at radius 3 is 2.71 bits per heavy atom. The van der Waals surface area contributed by atoms with Gasteiger partial charge in [0, 0.05) is 11.7 Å². The molecule has 1 aromatic carbocycles. The van der Waals surface area contributed by atoms with Crippen LogP contribution in [0.5, 0.6) is 0 Å². The standard InChI is InChI=1S/C16H22N2O2S/c1-3-20-15(19)13-5-4-6-14(13)18-16(21)17-12-9-7-11(2)8-10-12/h7-10,13-14H,3-6H2,1-2H3,(H2,17,18,21)/t13-,14-/m1/s1. The van der Waals surface area contributed by atoms with Gasteiger partial charge in [-0.25, -0.2) is 0 Å². The molecular formula is C16H22N2O2S. The first-order chi connectivity index (χ1) is 10.1. The van der Waals surface area contributed by atoms with Gasteiger partial charge in [0.1, 0.15) is 0 Å². The number of rotatable bonds is 4. The van der Waals surface area contributed by atoms with Gasteiger partial charge in [0.2, 0.25) is 0 Å². The van der Waals surface area contributed by atoms with Crippen LogP contribution in [-0.2, 0) is 9.53 Å². The first-order valence-electron chi connectivity index (χ1n) is 7.41. The topological polar surface area (TPSA) is 50.4 Å². The molecule has 2 N–H and O–H groups in total. The molecular weight excluding hydrogens is 284 g/mol. The summed E-state index contributed by atoms with van der Waals surface area (Å²) in [5.41, 5.74) is 2.15. The number of anilines is 1. The molecule has 21 heavy (non-hydrogen) atoms. The Morgan fingerprint density at radius 2 is 2.05 bits per heavy atom. The van der Waals surface area contributed by atoms with Crippen molar-refractivity contribution < 1.29 is 9.53 Å². The van der Waals surface area contributed by atoms with Gasteiger partial charge in [-0.3, -0.25) is 4.79 Å². The Bertz CT molecular complexity index is 502. The summed E-state index contributed by atoms with van der Waals surface area (Å²) < 4.78 is 5.13. The lowest BCUT2D eigenvalue weighted by Crippen LogP contribution is -2.42. The van der Waals surface area contributed by atoms with E-state index in [1.165, 1.54) is 5.56 Å². The van der Waals surface area contributed by atoms with E-state index < -0.39 is 0 Å². The molecule has 0 unspecified atom stereocenters. The maximum atomic E-state index is 11.9. The third-order valence-electron chi connectivity index (χ3n) is 3.73. The molecule has 0 amide bonds. The molecule has 0 bridgehead atoms. The van der Waals surface area contributed by atoms with Gasteiger partial charge in [-0.2, -0.15) is 0 Å². The zero-order valence-electron chi connectivity index (χ0n) is 12.5. The highest BCUT2D eigenvalue weighted by atomic mass is 32.1. The Labute approximate surface area is 131 Å². The van der Waals surface area contributed by atoms with Gasteiger partial charge in [0.15, 0.2) is 5.11 Å². The Kier molecular flexibility index (Phi) is 5.56. The van der Waals surface area contributed by atoms with Gasteiger partial charge in [0.25, 0.3) is 0 Å². The molecule has 1 aliphatic rings. The third-order valence-corrected chi connectivity index (χ3v) is 3.95. The molecule has 1 saturated carbocycles. The van der Waals surface area contributed by atoms with Crippen molar-refractivity contribution in [1.82, 2.24) is 5.32 Å². The van der Waals surface area contributed by atoms with E-state index >= 15 is 0 Å². The number of carbonyl (C=O) groups excluding carboxylic acids is 1. The fraction of sp³-hybridized carbons (Fsp3) is 0.500. The molecule has 1 fully saturated rings. The number of hydrogen-bond acceptors (Lipinski definition) is 3. The van der Waals surface area contributed by atoms with Crippen molar-refractivity contribution in [3.63, 3.8) is 0 Å². The number of nitrogens with one attached hydrogen (secondary N) is 2. The summed E-state index contributed by atoms with van der Waals surface area (Å²) in [6.07, 6.45) is 2.83. The molecule has 0 radical (unpaired) electrons. The number of carbonyl (C=O) groups is 1. The van der Waals surface area contributed by atoms with Gasteiger partial charge in [0.05, 0.1) is 12.5 Å². The van der Waals surface area contributed by atoms with Gasteiger partial charge < -0.3 is 15.4 Å². The lowest BCUT2D eigenvalue weighted by Gasteiger charge is -2.21. The zero-order chi connectivity index (χ0) is 15.2. The molecule has 4 nitrogen and oxygen atoms in total. The minimum Gasteiger partial charge on any atom is -0.466 e. The summed E-state index contributed by atoms with van der Waals surface area (Å²) in [7, 11) is 0. The van der Waals surface area contributed by atoms with Crippen LogP contribution in [-0.4, -0.2) is 23.7 Å². The molecule has 5 heteroatoms. The molecule has 0 spiro atoms. The van der Waals surface area contributed by atoms with Gasteiger partial charge in [-0.05, 0) is 51.0 Å². The average molecular weight is 306 g/mol. The van der Waals surface area contributed by atoms with E-state index in [4.69, 9.17) is 17.0 Å². The Balaban J connectivity index is 1.89. The summed E-state index contributed by atoms with van der Waals surface area (Å²) in [5, 5.41) is 6.96. The Morgan fingerprint density at radius 1 is 1.33 bits per heavy atom. The largest absolute Gasteiger partial charge is 0.466 e. The number of benzene rings is 1. The number of thiocarbonyl (C=S) groups is 1. The predicted molar refractivity (Wildman–Crippen MR) is 88.3 cm³/mol. The highest BCUT2D eigenvalue weighted by molar-refractivity contribution is 7.80. The second kappa shape index (κ2) is 7.41. The van der Waals surface area contributed by atoms with Crippen molar-refractivity contribution >= 4 is 29.0 Å². The van der Waals surface area contributed by atoms with Crippen molar-refractivity contribution in [2.75, 3.05) is 11.9 Å². The maximum absolute atomic E-state index is 11.9. The minimum atomic E-state index is -0.120. The minimum absolute atomic E-state index is 0.0644. The van der Waals surface area contributed by atoms with Crippen LogP contribution in [0.2, 0.25) is 0 Å². The van der Waals surface area contributed by atoms with E-state index in [1.54, 1.807) is 0 Å². The van der Waals surface area contributed by atoms with Crippen LogP contribution in [0.25, 0.3) is 0 Å². The molecule has 2 atom stereocenters. The normalized spacial score (nSPS) is 20.9. The quantitative estimate of drug-likeness (QED) is 0.661. The van der Waals surface area contributed by atoms with E-state index in [0.29, 0.717) is 11.7 Å². The van der Waals surface area contributed by atoms with Crippen molar-refractivity contribution in [1.29, 1.82) is 0 Å². The number of ether oxygens (including phenoxy) is 1. The summed E-state index contributed by atoms with van der Waals surface area (Å²) in [6, 6.07) is 8.10. The van der Waals surface area contributed by atoms with Crippen LogP contribution in [0, 0.1) is 12.8 Å². The van der Waals surface area contributed by atoms with Gasteiger partial charge in [-0.1, -0.05) is 24.1 Å². The molecule has 1 aliphatic carbocycles. The molecule has 1 aromatic rings. The molecule has 2 rings (SSSR count). The van der Waals surface area contributed by atoms with Crippen LogP contribution in [0.3, 0.4) is 0 Å². The van der Waals surface area contributed by atoms with Crippen molar-refractivity contribution in [3.8, 4) is 0 Å². The zero-order valence-corrected chi connectivity index (χ0v) is 13.3. The van der Waals surface area contributed by atoms with E-state index in [9.17, 15) is 4.79 Å². The van der Waals surface area contributed by atoms with Crippen LogP contribution >= 0.6 is 12.2 Å². The second-order valence-corrected chi connectivity index (χ2v) is 5.77. The number of hydrogen-bond donors (Lipinski definition) is 2. The van der Waals surface area contributed by atoms with Crippen LogP contribution in [0.4, 0.5) is 5.69 Å². The first-order valence-corrected chi connectivity index (χ1v) is 7.81. The summed E-state index contributed by atoms with van der Waals surface area (Å²) in [5.74, 6) is -0.214. The molecule has 0 aromatic heterocycles. The summed E-state index contributed by atoms with van der Waals surface area (Å²) in [4.78, 5) is 11.9. The highest BCUT2D eigenvalue weighted by Gasteiger charge is 2.34. The number of esters is 1. The lowest BCUT2D eigenvalue weighted by molar-refractivity contribution is -0.148.